The van der Waals surface area contributed by atoms with E-state index >= 15 is 0 Å². The van der Waals surface area contributed by atoms with E-state index in [9.17, 15) is 9.90 Å². The van der Waals surface area contributed by atoms with Crippen LogP contribution in [0.15, 0.2) is 0 Å². The van der Waals surface area contributed by atoms with Crippen LogP contribution in [0.1, 0.15) is 39.5 Å². The number of amides is 1. The number of carbonyl (C=O) groups is 1. The van der Waals surface area contributed by atoms with E-state index in [0.717, 1.165) is 31.6 Å². The molecular formula is C12H24N2O2. The molecule has 1 aliphatic carbocycles. The Hall–Kier alpha value is -0.610. The largest absolute Gasteiger partial charge is 0.389 e. The summed E-state index contributed by atoms with van der Waals surface area (Å²) < 4.78 is 0. The second-order valence-corrected chi connectivity index (χ2v) is 4.96. The number of rotatable bonds is 5. The van der Waals surface area contributed by atoms with Crippen molar-refractivity contribution in [3.8, 4) is 0 Å². The molecule has 0 unspecified atom stereocenters. The van der Waals surface area contributed by atoms with E-state index in [2.05, 4.69) is 17.6 Å². The van der Waals surface area contributed by atoms with Gasteiger partial charge in [0.25, 0.3) is 0 Å². The number of hydrogen-bond acceptors (Lipinski definition) is 3. The maximum absolute atomic E-state index is 11.2. The fourth-order valence-corrected chi connectivity index (χ4v) is 2.14. The molecule has 0 radical (unpaired) electrons. The molecule has 4 nitrogen and oxygen atoms in total. The lowest BCUT2D eigenvalue weighted by molar-refractivity contribution is -0.120. The first-order valence-electron chi connectivity index (χ1n) is 6.25. The van der Waals surface area contributed by atoms with Gasteiger partial charge in [-0.1, -0.05) is 6.92 Å². The lowest BCUT2D eigenvalue weighted by Gasteiger charge is -2.35. The van der Waals surface area contributed by atoms with E-state index in [1.54, 1.807) is 0 Å². The molecule has 94 valence electrons. The van der Waals surface area contributed by atoms with Gasteiger partial charge in [0, 0.05) is 13.1 Å². The molecule has 3 N–H and O–H groups in total. The van der Waals surface area contributed by atoms with Crippen LogP contribution in [0, 0.1) is 5.92 Å². The molecular weight excluding hydrogens is 204 g/mol. The molecule has 1 aliphatic rings. The lowest BCUT2D eigenvalue weighted by Crippen LogP contribution is -2.46. The normalized spacial score (nSPS) is 30.1. The van der Waals surface area contributed by atoms with Crippen LogP contribution in [0.2, 0.25) is 0 Å². The highest BCUT2D eigenvalue weighted by Crippen LogP contribution is 2.31. The molecule has 0 aromatic carbocycles. The van der Waals surface area contributed by atoms with Gasteiger partial charge in [-0.2, -0.15) is 0 Å². The van der Waals surface area contributed by atoms with Crippen molar-refractivity contribution >= 4 is 5.91 Å². The van der Waals surface area contributed by atoms with Crippen molar-refractivity contribution in [2.24, 2.45) is 5.92 Å². The Kier molecular flexibility index (Phi) is 5.22. The predicted octanol–water partition coefficient (Wildman–Crippen LogP) is 0.653. The summed E-state index contributed by atoms with van der Waals surface area (Å²) in [6.45, 7) is 5.60. The zero-order chi connectivity index (χ0) is 12.0. The maximum atomic E-state index is 11.2. The molecule has 16 heavy (non-hydrogen) atoms. The van der Waals surface area contributed by atoms with Crippen LogP contribution in [0.3, 0.4) is 0 Å². The SMILES string of the molecule is CCNC(=O)CNCC1(O)CCC(C)CC1. The van der Waals surface area contributed by atoms with E-state index in [1.165, 1.54) is 0 Å². The van der Waals surface area contributed by atoms with Crippen LogP contribution in [-0.2, 0) is 4.79 Å². The van der Waals surface area contributed by atoms with Crippen molar-refractivity contribution in [3.05, 3.63) is 0 Å². The van der Waals surface area contributed by atoms with Gasteiger partial charge in [-0.25, -0.2) is 0 Å². The molecule has 0 aromatic heterocycles. The number of likely N-dealkylation sites (N-methyl/N-ethyl adjacent to an activating group) is 1. The van der Waals surface area contributed by atoms with E-state index in [4.69, 9.17) is 0 Å². The van der Waals surface area contributed by atoms with Crippen molar-refractivity contribution in [3.63, 3.8) is 0 Å². The summed E-state index contributed by atoms with van der Waals surface area (Å²) in [6, 6.07) is 0. The Bertz CT molecular complexity index is 223. The van der Waals surface area contributed by atoms with Crippen molar-refractivity contribution in [2.45, 2.75) is 45.1 Å². The molecule has 0 bridgehead atoms. The van der Waals surface area contributed by atoms with Gasteiger partial charge >= 0.3 is 0 Å². The van der Waals surface area contributed by atoms with Crippen molar-refractivity contribution in [1.29, 1.82) is 0 Å². The van der Waals surface area contributed by atoms with Crippen molar-refractivity contribution in [1.82, 2.24) is 10.6 Å². The fourth-order valence-electron chi connectivity index (χ4n) is 2.14. The average molecular weight is 228 g/mol. The minimum absolute atomic E-state index is 0.00437. The monoisotopic (exact) mass is 228 g/mol. The summed E-state index contributed by atoms with van der Waals surface area (Å²) in [6.07, 6.45) is 3.85. The minimum atomic E-state index is -0.598. The highest BCUT2D eigenvalue weighted by Gasteiger charge is 2.31. The summed E-state index contributed by atoms with van der Waals surface area (Å²) in [5, 5.41) is 16.0. The highest BCUT2D eigenvalue weighted by molar-refractivity contribution is 5.77. The van der Waals surface area contributed by atoms with Crippen LogP contribution in [0.25, 0.3) is 0 Å². The standard InChI is InChI=1S/C12H24N2O2/c1-3-14-11(15)8-13-9-12(16)6-4-10(2)5-7-12/h10,13,16H,3-9H2,1-2H3,(H,14,15). The second-order valence-electron chi connectivity index (χ2n) is 4.96. The Morgan fingerprint density at radius 1 is 1.44 bits per heavy atom. The Labute approximate surface area is 97.8 Å². The zero-order valence-electron chi connectivity index (χ0n) is 10.4. The summed E-state index contributed by atoms with van der Waals surface area (Å²) in [4.78, 5) is 11.2. The Morgan fingerprint density at radius 3 is 2.62 bits per heavy atom. The minimum Gasteiger partial charge on any atom is -0.389 e. The summed E-state index contributed by atoms with van der Waals surface area (Å²) in [7, 11) is 0. The van der Waals surface area contributed by atoms with Crippen LogP contribution in [0.4, 0.5) is 0 Å². The van der Waals surface area contributed by atoms with Gasteiger partial charge in [-0.05, 0) is 38.5 Å². The second kappa shape index (κ2) is 6.21. The molecule has 0 heterocycles. The number of hydrogen-bond donors (Lipinski definition) is 3. The third kappa shape index (κ3) is 4.49. The molecule has 1 amide bonds. The third-order valence-electron chi connectivity index (χ3n) is 3.32. The van der Waals surface area contributed by atoms with Gasteiger partial charge in [0.15, 0.2) is 0 Å². The van der Waals surface area contributed by atoms with Crippen LogP contribution < -0.4 is 10.6 Å². The molecule has 0 aromatic rings. The van der Waals surface area contributed by atoms with E-state index in [-0.39, 0.29) is 5.91 Å². The van der Waals surface area contributed by atoms with E-state index in [1.807, 2.05) is 6.92 Å². The summed E-state index contributed by atoms with van der Waals surface area (Å²) >= 11 is 0. The number of nitrogens with one attached hydrogen (secondary N) is 2. The fraction of sp³-hybridized carbons (Fsp3) is 0.917. The highest BCUT2D eigenvalue weighted by atomic mass is 16.3. The first-order valence-corrected chi connectivity index (χ1v) is 6.25. The number of carbonyl (C=O) groups excluding carboxylic acids is 1. The lowest BCUT2D eigenvalue weighted by atomic mass is 9.79. The third-order valence-corrected chi connectivity index (χ3v) is 3.32. The van der Waals surface area contributed by atoms with Gasteiger partial charge in [-0.3, -0.25) is 4.79 Å². The van der Waals surface area contributed by atoms with Crippen LogP contribution >= 0.6 is 0 Å². The topological polar surface area (TPSA) is 61.4 Å². The van der Waals surface area contributed by atoms with Gasteiger partial charge in [0.05, 0.1) is 12.1 Å². The average Bonchev–Trinajstić information content (AvgIpc) is 2.23. The summed E-state index contributed by atoms with van der Waals surface area (Å²) in [5.41, 5.74) is -0.598. The van der Waals surface area contributed by atoms with Crippen LogP contribution in [0.5, 0.6) is 0 Å². The smallest absolute Gasteiger partial charge is 0.233 e. The number of aliphatic hydroxyl groups is 1. The molecule has 4 heteroatoms. The maximum Gasteiger partial charge on any atom is 0.233 e. The molecule has 1 saturated carbocycles. The Balaban J connectivity index is 2.19. The van der Waals surface area contributed by atoms with Crippen molar-refractivity contribution in [2.75, 3.05) is 19.6 Å². The van der Waals surface area contributed by atoms with Crippen LogP contribution in [-0.4, -0.2) is 36.2 Å². The predicted molar refractivity (Wildman–Crippen MR) is 64.1 cm³/mol. The first kappa shape index (κ1) is 13.5. The van der Waals surface area contributed by atoms with Crippen molar-refractivity contribution < 1.29 is 9.90 Å². The zero-order valence-corrected chi connectivity index (χ0v) is 10.4. The molecule has 1 rings (SSSR count). The van der Waals surface area contributed by atoms with E-state index < -0.39 is 5.60 Å². The van der Waals surface area contributed by atoms with Gasteiger partial charge in [-0.15, -0.1) is 0 Å². The molecule has 0 aliphatic heterocycles. The molecule has 0 saturated heterocycles. The van der Waals surface area contributed by atoms with Gasteiger partial charge < -0.3 is 15.7 Å². The quantitative estimate of drug-likeness (QED) is 0.647. The Morgan fingerprint density at radius 2 is 2.06 bits per heavy atom. The molecule has 1 fully saturated rings. The summed E-state index contributed by atoms with van der Waals surface area (Å²) in [5.74, 6) is 0.721. The van der Waals surface area contributed by atoms with Gasteiger partial charge in [0.2, 0.25) is 5.91 Å². The molecule has 0 atom stereocenters. The first-order chi connectivity index (χ1) is 7.56. The molecule has 0 spiro atoms. The van der Waals surface area contributed by atoms with E-state index in [0.29, 0.717) is 19.6 Å². The van der Waals surface area contributed by atoms with Gasteiger partial charge in [0.1, 0.15) is 0 Å².